The molecule has 0 amide bonds. The summed E-state index contributed by atoms with van der Waals surface area (Å²) in [6.45, 7) is 2.47. The molecular weight excluding hydrogens is 318 g/mol. The molecule has 0 aromatic carbocycles. The Labute approximate surface area is 127 Å². The summed E-state index contributed by atoms with van der Waals surface area (Å²) in [5.41, 5.74) is 1.78. The number of nitrogens with one attached hydrogen (secondary N) is 2. The standard InChI is InChI=1S/C10H19N5O4S2/c1-7(4-5-14(2)3)13-21(18,19)9-6-8(15(16)17)10(12-11)20-9/h6-7,12-13H,4-5,11H2,1-3H3. The van der Waals surface area contributed by atoms with Crippen LogP contribution in [0.5, 0.6) is 0 Å². The number of nitrogens with zero attached hydrogens (tertiary/aromatic N) is 2. The van der Waals surface area contributed by atoms with E-state index in [0.29, 0.717) is 6.42 Å². The number of nitro groups is 1. The van der Waals surface area contributed by atoms with Gasteiger partial charge in [-0.3, -0.25) is 10.1 Å². The summed E-state index contributed by atoms with van der Waals surface area (Å²) in [5.74, 6) is 5.16. The van der Waals surface area contributed by atoms with Gasteiger partial charge in [-0.15, -0.1) is 0 Å². The first-order valence-electron chi connectivity index (χ1n) is 6.09. The molecule has 0 saturated heterocycles. The Bertz CT molecular complexity index is 599. The van der Waals surface area contributed by atoms with Gasteiger partial charge in [0, 0.05) is 12.1 Å². The minimum absolute atomic E-state index is 0.00122. The second-order valence-corrected chi connectivity index (χ2v) is 7.79. The molecule has 1 aromatic rings. The summed E-state index contributed by atoms with van der Waals surface area (Å²) in [4.78, 5) is 12.1. The normalized spacial score (nSPS) is 13.4. The quantitative estimate of drug-likeness (QED) is 0.359. The Hall–Kier alpha value is -1.27. The summed E-state index contributed by atoms with van der Waals surface area (Å²) >= 11 is 0.722. The summed E-state index contributed by atoms with van der Waals surface area (Å²) < 4.78 is 26.7. The van der Waals surface area contributed by atoms with Crippen LogP contribution in [0, 0.1) is 10.1 Å². The summed E-state index contributed by atoms with van der Waals surface area (Å²) in [7, 11) is -0.0189. The molecule has 120 valence electrons. The van der Waals surface area contributed by atoms with Crippen LogP contribution in [-0.4, -0.2) is 44.9 Å². The van der Waals surface area contributed by atoms with Gasteiger partial charge >= 0.3 is 5.69 Å². The monoisotopic (exact) mass is 337 g/mol. The van der Waals surface area contributed by atoms with Crippen LogP contribution in [0.25, 0.3) is 0 Å². The maximum atomic E-state index is 12.2. The van der Waals surface area contributed by atoms with Crippen molar-refractivity contribution in [2.45, 2.75) is 23.6 Å². The van der Waals surface area contributed by atoms with Crippen LogP contribution in [0.2, 0.25) is 0 Å². The predicted octanol–water partition coefficient (Wildman–Crippen LogP) is 0.560. The Morgan fingerprint density at radius 3 is 2.57 bits per heavy atom. The van der Waals surface area contributed by atoms with E-state index in [2.05, 4.69) is 10.1 Å². The molecule has 0 aliphatic carbocycles. The molecular formula is C10H19N5O4S2. The van der Waals surface area contributed by atoms with E-state index in [-0.39, 0.29) is 20.9 Å². The highest BCUT2D eigenvalue weighted by Gasteiger charge is 2.26. The van der Waals surface area contributed by atoms with Crippen molar-refractivity contribution < 1.29 is 13.3 Å². The molecule has 11 heteroatoms. The van der Waals surface area contributed by atoms with E-state index in [1.165, 1.54) is 0 Å². The van der Waals surface area contributed by atoms with E-state index in [9.17, 15) is 18.5 Å². The molecule has 0 bridgehead atoms. The van der Waals surface area contributed by atoms with E-state index in [4.69, 9.17) is 5.84 Å². The third-order valence-electron chi connectivity index (χ3n) is 2.65. The van der Waals surface area contributed by atoms with E-state index in [1.807, 2.05) is 19.0 Å². The molecule has 0 radical (unpaired) electrons. The van der Waals surface area contributed by atoms with Crippen LogP contribution in [0.3, 0.4) is 0 Å². The van der Waals surface area contributed by atoms with Gasteiger partial charge in [0.05, 0.1) is 4.92 Å². The zero-order valence-corrected chi connectivity index (χ0v) is 13.6. The van der Waals surface area contributed by atoms with Crippen LogP contribution in [0.15, 0.2) is 10.3 Å². The molecule has 0 saturated carbocycles. The fraction of sp³-hybridized carbons (Fsp3) is 0.600. The minimum atomic E-state index is -3.80. The zero-order valence-electron chi connectivity index (χ0n) is 12.0. The highest BCUT2D eigenvalue weighted by molar-refractivity contribution is 7.91. The predicted molar refractivity (Wildman–Crippen MR) is 81.7 cm³/mol. The smallest absolute Gasteiger partial charge is 0.306 e. The Kier molecular flexibility index (Phi) is 6.04. The SMILES string of the molecule is CC(CCN(C)C)NS(=O)(=O)c1cc([N+](=O)[O-])c(NN)s1. The van der Waals surface area contributed by atoms with Crippen molar-refractivity contribution in [1.29, 1.82) is 0 Å². The molecule has 0 fully saturated rings. The third kappa shape index (κ3) is 4.89. The molecule has 1 rings (SSSR count). The van der Waals surface area contributed by atoms with Crippen molar-refractivity contribution >= 4 is 32.0 Å². The molecule has 4 N–H and O–H groups in total. The number of hydrogen-bond acceptors (Lipinski definition) is 8. The van der Waals surface area contributed by atoms with Gasteiger partial charge in [0.25, 0.3) is 10.0 Å². The second kappa shape index (κ2) is 7.13. The summed E-state index contributed by atoms with van der Waals surface area (Å²) in [6.07, 6.45) is 0.627. The molecule has 1 aromatic heterocycles. The maximum absolute atomic E-state index is 12.2. The Morgan fingerprint density at radius 1 is 1.52 bits per heavy atom. The number of thiophene rings is 1. The number of sulfonamides is 1. The molecule has 0 spiro atoms. The lowest BCUT2D eigenvalue weighted by Crippen LogP contribution is -2.34. The topological polar surface area (TPSA) is 131 Å². The van der Waals surface area contributed by atoms with E-state index < -0.39 is 14.9 Å². The number of nitrogen functional groups attached to an aromatic ring is 1. The number of anilines is 1. The van der Waals surface area contributed by atoms with Crippen LogP contribution in [0.1, 0.15) is 13.3 Å². The summed E-state index contributed by atoms with van der Waals surface area (Å²) in [5, 5.41) is 10.8. The van der Waals surface area contributed by atoms with Crippen LogP contribution >= 0.6 is 11.3 Å². The van der Waals surface area contributed by atoms with Crippen LogP contribution in [-0.2, 0) is 10.0 Å². The lowest BCUT2D eigenvalue weighted by atomic mass is 10.2. The number of hydrazine groups is 1. The molecule has 9 nitrogen and oxygen atoms in total. The largest absolute Gasteiger partial charge is 0.310 e. The number of nitrogens with two attached hydrogens (primary N) is 1. The minimum Gasteiger partial charge on any atom is -0.310 e. The third-order valence-corrected chi connectivity index (χ3v) is 5.77. The van der Waals surface area contributed by atoms with Gasteiger partial charge in [0.2, 0.25) is 0 Å². The van der Waals surface area contributed by atoms with Gasteiger partial charge in [-0.1, -0.05) is 11.3 Å². The van der Waals surface area contributed by atoms with Gasteiger partial charge in [0.15, 0.2) is 5.00 Å². The molecule has 21 heavy (non-hydrogen) atoms. The average molecular weight is 337 g/mol. The van der Waals surface area contributed by atoms with E-state index in [1.54, 1.807) is 6.92 Å². The fourth-order valence-corrected chi connectivity index (χ4v) is 4.10. The maximum Gasteiger partial charge on any atom is 0.306 e. The zero-order chi connectivity index (χ0) is 16.2. The van der Waals surface area contributed by atoms with Gasteiger partial charge in [-0.25, -0.2) is 19.0 Å². The van der Waals surface area contributed by atoms with Crippen molar-refractivity contribution in [1.82, 2.24) is 9.62 Å². The highest BCUT2D eigenvalue weighted by atomic mass is 32.2. The highest BCUT2D eigenvalue weighted by Crippen LogP contribution is 2.36. The van der Waals surface area contributed by atoms with Gasteiger partial charge in [0.1, 0.15) is 4.21 Å². The van der Waals surface area contributed by atoms with Crippen molar-refractivity contribution in [3.63, 3.8) is 0 Å². The summed E-state index contributed by atoms with van der Waals surface area (Å²) in [6, 6.07) is 0.716. The van der Waals surface area contributed by atoms with E-state index >= 15 is 0 Å². The van der Waals surface area contributed by atoms with Crippen LogP contribution < -0.4 is 16.0 Å². The molecule has 1 heterocycles. The lowest BCUT2D eigenvalue weighted by molar-refractivity contribution is -0.383. The molecule has 1 unspecified atom stereocenters. The van der Waals surface area contributed by atoms with Gasteiger partial charge < -0.3 is 10.3 Å². The number of hydrogen-bond donors (Lipinski definition) is 3. The number of rotatable bonds is 8. The first-order valence-corrected chi connectivity index (χ1v) is 8.39. The first kappa shape index (κ1) is 17.8. The second-order valence-electron chi connectivity index (χ2n) is 4.80. The van der Waals surface area contributed by atoms with Crippen LogP contribution in [0.4, 0.5) is 10.7 Å². The van der Waals surface area contributed by atoms with Crippen molar-refractivity contribution in [2.75, 3.05) is 26.1 Å². The fourth-order valence-electron chi connectivity index (χ4n) is 1.56. The Balaban J connectivity index is 2.90. The molecule has 0 aliphatic heterocycles. The lowest BCUT2D eigenvalue weighted by Gasteiger charge is -2.16. The van der Waals surface area contributed by atoms with E-state index in [0.717, 1.165) is 23.9 Å². The van der Waals surface area contributed by atoms with Crippen molar-refractivity contribution in [3.8, 4) is 0 Å². The van der Waals surface area contributed by atoms with Gasteiger partial charge in [-0.2, -0.15) is 0 Å². The first-order chi connectivity index (χ1) is 9.67. The Morgan fingerprint density at radius 2 is 2.14 bits per heavy atom. The van der Waals surface area contributed by atoms with Crippen molar-refractivity contribution in [3.05, 3.63) is 16.2 Å². The molecule has 1 atom stereocenters. The average Bonchev–Trinajstić information content (AvgIpc) is 2.80. The van der Waals surface area contributed by atoms with Gasteiger partial charge in [-0.05, 0) is 34.0 Å². The molecule has 0 aliphatic rings. The van der Waals surface area contributed by atoms with Crippen molar-refractivity contribution in [2.24, 2.45) is 5.84 Å².